The number of hydrogen-bond acceptors (Lipinski definition) is 7. The number of carbonyl (C=O) groups excluding carboxylic acids is 1. The van der Waals surface area contributed by atoms with Gasteiger partial charge in [0, 0.05) is 24.5 Å². The van der Waals surface area contributed by atoms with Crippen LogP contribution in [0.25, 0.3) is 0 Å². The molecule has 2 N–H and O–H groups in total. The van der Waals surface area contributed by atoms with Crippen molar-refractivity contribution in [2.75, 3.05) is 33.6 Å². The molecule has 1 amide bonds. The molecule has 0 aliphatic carbocycles. The number of amides is 1. The molecule has 36 heavy (non-hydrogen) atoms. The summed E-state index contributed by atoms with van der Waals surface area (Å²) in [5.41, 5.74) is 4.62. The average Bonchev–Trinajstić information content (AvgIpc) is 3.19. The molecule has 4 rings (SSSR count). The van der Waals surface area contributed by atoms with E-state index >= 15 is 0 Å². The summed E-state index contributed by atoms with van der Waals surface area (Å²) in [5.74, 6) is -0.450. The monoisotopic (exact) mass is 484 g/mol. The Bertz CT molecular complexity index is 1290. The quantitative estimate of drug-likeness (QED) is 0.439. The maximum Gasteiger partial charge on any atom is 0.326 e. The second kappa shape index (κ2) is 10.4. The highest BCUT2D eigenvalue weighted by atomic mass is 16.4. The topological polar surface area (TPSA) is 113 Å². The van der Waals surface area contributed by atoms with Gasteiger partial charge >= 0.3 is 5.97 Å². The van der Waals surface area contributed by atoms with Gasteiger partial charge in [0.15, 0.2) is 0 Å². The molecular weight excluding hydrogens is 456 g/mol. The average molecular weight is 485 g/mol. The number of rotatable bonds is 9. The fraction of sp³-hybridized carbons (Fsp3) is 0.259. The lowest BCUT2D eigenvalue weighted by atomic mass is 10.0. The van der Waals surface area contributed by atoms with Crippen LogP contribution in [0.4, 0.5) is 28.6 Å². The number of carboxylic acid groups (broad SMARTS) is 1. The van der Waals surface area contributed by atoms with Crippen LogP contribution in [0.3, 0.4) is 0 Å². The SMILES string of the molecule is CCc1c(N(C=O)c2ccccn2)ccc2c1N([C@H](C)C(=O)O)[C@H](CNc1ccc(C#N)cc1)N2C. The van der Waals surface area contributed by atoms with Gasteiger partial charge in [0.05, 0.1) is 35.2 Å². The molecule has 1 aromatic heterocycles. The number of fused-ring (bicyclic) bond motifs is 1. The molecule has 0 radical (unpaired) electrons. The van der Waals surface area contributed by atoms with E-state index in [2.05, 4.69) is 21.3 Å². The summed E-state index contributed by atoms with van der Waals surface area (Å²) in [6.07, 6.45) is 2.64. The van der Waals surface area contributed by atoms with Crippen LogP contribution in [0.15, 0.2) is 60.8 Å². The molecule has 184 valence electrons. The van der Waals surface area contributed by atoms with Gasteiger partial charge < -0.3 is 20.2 Å². The minimum atomic E-state index is -0.941. The number of nitriles is 1. The number of aliphatic carboxylic acids is 1. The Morgan fingerprint density at radius 1 is 1.25 bits per heavy atom. The second-order valence-corrected chi connectivity index (χ2v) is 8.53. The van der Waals surface area contributed by atoms with Crippen molar-refractivity contribution in [3.8, 4) is 6.07 Å². The Morgan fingerprint density at radius 3 is 2.58 bits per heavy atom. The molecule has 2 aromatic carbocycles. The minimum Gasteiger partial charge on any atom is -0.480 e. The van der Waals surface area contributed by atoms with Gasteiger partial charge in [-0.3, -0.25) is 9.69 Å². The van der Waals surface area contributed by atoms with Crippen molar-refractivity contribution in [1.29, 1.82) is 5.26 Å². The lowest BCUT2D eigenvalue weighted by Crippen LogP contribution is -2.52. The lowest BCUT2D eigenvalue weighted by Gasteiger charge is -2.34. The van der Waals surface area contributed by atoms with Crippen LogP contribution in [0, 0.1) is 11.3 Å². The standard InChI is InChI=1S/C27H28N6O3/c1-4-21-22(32(17-34)24-7-5-6-14-29-24)12-13-23-26(21)33(18(2)27(35)36)25(31(23)3)16-30-20-10-8-19(15-28)9-11-20/h5-14,17-18,25,30H,4,16H2,1-3H3,(H,35,36)/t18-,25-/m1/s1. The number of nitrogens with zero attached hydrogens (tertiary/aromatic N) is 5. The van der Waals surface area contributed by atoms with Crippen molar-refractivity contribution in [3.63, 3.8) is 0 Å². The van der Waals surface area contributed by atoms with Crippen molar-refractivity contribution in [2.24, 2.45) is 0 Å². The Morgan fingerprint density at radius 2 is 2.00 bits per heavy atom. The molecule has 0 bridgehead atoms. The number of carboxylic acids is 1. The first-order chi connectivity index (χ1) is 17.4. The third-order valence-corrected chi connectivity index (χ3v) is 6.54. The van der Waals surface area contributed by atoms with Gasteiger partial charge in [-0.15, -0.1) is 0 Å². The van der Waals surface area contributed by atoms with Crippen LogP contribution >= 0.6 is 0 Å². The van der Waals surface area contributed by atoms with Crippen molar-refractivity contribution in [3.05, 3.63) is 71.9 Å². The first kappa shape index (κ1) is 24.5. The molecular formula is C27H28N6O3. The number of hydrogen-bond donors (Lipinski definition) is 2. The third kappa shape index (κ3) is 4.41. The van der Waals surface area contributed by atoms with Crippen molar-refractivity contribution in [2.45, 2.75) is 32.5 Å². The maximum atomic E-state index is 12.2. The summed E-state index contributed by atoms with van der Waals surface area (Å²) < 4.78 is 0. The molecule has 9 heteroatoms. The molecule has 1 aliphatic rings. The number of anilines is 5. The van der Waals surface area contributed by atoms with Gasteiger partial charge in [-0.2, -0.15) is 5.26 Å². The van der Waals surface area contributed by atoms with Crippen molar-refractivity contribution < 1.29 is 14.7 Å². The van der Waals surface area contributed by atoms with Gasteiger partial charge in [0.1, 0.15) is 18.0 Å². The number of pyridine rings is 1. The molecule has 0 saturated heterocycles. The fourth-order valence-corrected chi connectivity index (χ4v) is 4.66. The smallest absolute Gasteiger partial charge is 0.326 e. The minimum absolute atomic E-state index is 0.304. The van der Waals surface area contributed by atoms with E-state index < -0.39 is 12.0 Å². The lowest BCUT2D eigenvalue weighted by molar-refractivity contribution is -0.138. The van der Waals surface area contributed by atoms with Crippen LogP contribution in [0.1, 0.15) is 25.0 Å². The number of benzene rings is 2. The summed E-state index contributed by atoms with van der Waals surface area (Å²) in [5, 5.41) is 22.4. The highest BCUT2D eigenvalue weighted by molar-refractivity contribution is 5.95. The van der Waals surface area contributed by atoms with Crippen molar-refractivity contribution >= 4 is 40.9 Å². The molecule has 3 aromatic rings. The molecule has 0 saturated carbocycles. The molecule has 0 spiro atoms. The highest BCUT2D eigenvalue weighted by Crippen LogP contribution is 2.47. The summed E-state index contributed by atoms with van der Waals surface area (Å²) in [6.45, 7) is 4.10. The zero-order valence-electron chi connectivity index (χ0n) is 20.4. The maximum absolute atomic E-state index is 12.2. The summed E-state index contributed by atoms with van der Waals surface area (Å²) in [6, 6.07) is 17.6. The first-order valence-corrected chi connectivity index (χ1v) is 11.7. The van der Waals surface area contributed by atoms with E-state index in [9.17, 15) is 14.7 Å². The summed E-state index contributed by atoms with van der Waals surface area (Å²) >= 11 is 0. The van der Waals surface area contributed by atoms with E-state index in [1.165, 1.54) is 4.90 Å². The Hall–Kier alpha value is -4.58. The van der Waals surface area contributed by atoms with Gasteiger partial charge in [0.2, 0.25) is 6.41 Å². The number of aromatic nitrogens is 1. The van der Waals surface area contributed by atoms with Gasteiger partial charge in [0.25, 0.3) is 0 Å². The Labute approximate surface area is 210 Å². The van der Waals surface area contributed by atoms with Gasteiger partial charge in [-0.05, 0) is 61.9 Å². The molecule has 2 heterocycles. The molecule has 0 fully saturated rings. The molecule has 0 unspecified atom stereocenters. The summed E-state index contributed by atoms with van der Waals surface area (Å²) in [7, 11) is 1.94. The number of likely N-dealkylation sites (N-methyl/N-ethyl adjacent to an activating group) is 1. The zero-order valence-corrected chi connectivity index (χ0v) is 20.4. The van der Waals surface area contributed by atoms with Crippen LogP contribution in [0.2, 0.25) is 0 Å². The van der Waals surface area contributed by atoms with E-state index in [1.807, 2.05) is 49.2 Å². The van der Waals surface area contributed by atoms with Crippen LogP contribution in [-0.4, -0.2) is 48.3 Å². The fourth-order valence-electron chi connectivity index (χ4n) is 4.66. The number of carbonyl (C=O) groups is 2. The predicted molar refractivity (Wildman–Crippen MR) is 140 cm³/mol. The molecule has 2 atom stereocenters. The van der Waals surface area contributed by atoms with E-state index in [0.717, 1.165) is 29.0 Å². The van der Waals surface area contributed by atoms with Crippen LogP contribution < -0.4 is 20.0 Å². The zero-order chi connectivity index (χ0) is 25.8. The van der Waals surface area contributed by atoms with E-state index in [0.29, 0.717) is 30.0 Å². The first-order valence-electron chi connectivity index (χ1n) is 11.7. The van der Waals surface area contributed by atoms with E-state index in [4.69, 9.17) is 5.26 Å². The highest BCUT2D eigenvalue weighted by Gasteiger charge is 2.41. The molecule has 9 nitrogen and oxygen atoms in total. The van der Waals surface area contributed by atoms with Crippen LogP contribution in [0.5, 0.6) is 0 Å². The second-order valence-electron chi connectivity index (χ2n) is 8.53. The Kier molecular flexibility index (Phi) is 7.06. The molecule has 1 aliphatic heterocycles. The van der Waals surface area contributed by atoms with E-state index in [1.54, 1.807) is 37.4 Å². The summed E-state index contributed by atoms with van der Waals surface area (Å²) in [4.78, 5) is 34.1. The Balaban J connectivity index is 1.76. The normalized spacial score (nSPS) is 15.1. The van der Waals surface area contributed by atoms with Crippen molar-refractivity contribution in [1.82, 2.24) is 4.98 Å². The van der Waals surface area contributed by atoms with Crippen LogP contribution in [-0.2, 0) is 16.0 Å². The number of nitrogens with one attached hydrogen (secondary N) is 1. The third-order valence-electron chi connectivity index (χ3n) is 6.54. The van der Waals surface area contributed by atoms with Gasteiger partial charge in [-0.1, -0.05) is 13.0 Å². The van der Waals surface area contributed by atoms with Gasteiger partial charge in [-0.25, -0.2) is 9.78 Å². The largest absolute Gasteiger partial charge is 0.480 e. The predicted octanol–water partition coefficient (Wildman–Crippen LogP) is 3.98. The van der Waals surface area contributed by atoms with E-state index in [-0.39, 0.29) is 6.17 Å².